The molecule has 0 saturated carbocycles. The number of carbonyl (C=O) groups excluding carboxylic acids is 1. The number of amides is 1. The molecule has 5 nitrogen and oxygen atoms in total. The highest BCUT2D eigenvalue weighted by atomic mass is 35.5. The van der Waals surface area contributed by atoms with Crippen LogP contribution < -0.4 is 0 Å². The van der Waals surface area contributed by atoms with Gasteiger partial charge in [0, 0.05) is 17.3 Å². The molecule has 1 fully saturated rings. The predicted molar refractivity (Wildman–Crippen MR) is 80.9 cm³/mol. The van der Waals surface area contributed by atoms with Crippen LogP contribution in [-0.2, 0) is 9.84 Å². The molecule has 1 aliphatic heterocycles. The Hall–Kier alpha value is -1.58. The molecule has 2 heterocycles. The molecule has 0 N–H and O–H groups in total. The van der Waals surface area contributed by atoms with E-state index >= 15 is 0 Å². The van der Waals surface area contributed by atoms with E-state index in [-0.39, 0.29) is 35.2 Å². The second kappa shape index (κ2) is 6.04. The van der Waals surface area contributed by atoms with Gasteiger partial charge < -0.3 is 4.90 Å². The van der Waals surface area contributed by atoms with Gasteiger partial charge in [0.25, 0.3) is 5.91 Å². The van der Waals surface area contributed by atoms with E-state index in [0.29, 0.717) is 17.7 Å². The van der Waals surface area contributed by atoms with E-state index in [9.17, 15) is 13.2 Å². The van der Waals surface area contributed by atoms with Crippen molar-refractivity contribution < 1.29 is 13.2 Å². The molecule has 0 spiro atoms. The quantitative estimate of drug-likeness (QED) is 0.620. The Kier molecular flexibility index (Phi) is 4.55. The van der Waals surface area contributed by atoms with Gasteiger partial charge in [0.2, 0.25) is 0 Å². The van der Waals surface area contributed by atoms with Gasteiger partial charge in [0.15, 0.2) is 9.84 Å². The number of aryl methyl sites for hydroxylation is 1. The molecule has 7 heteroatoms. The first-order chi connectivity index (χ1) is 9.82. The first-order valence-electron chi connectivity index (χ1n) is 6.41. The lowest BCUT2D eigenvalue weighted by Gasteiger charge is -2.26. The lowest BCUT2D eigenvalue weighted by molar-refractivity contribution is 0.0724. The van der Waals surface area contributed by atoms with Crippen LogP contribution in [0.3, 0.4) is 0 Å². The van der Waals surface area contributed by atoms with Crippen molar-refractivity contribution in [1.29, 1.82) is 0 Å². The summed E-state index contributed by atoms with van der Waals surface area (Å²) in [6.07, 6.45) is 5.72. The normalized spacial score (nSPS) is 20.0. The molecule has 1 amide bonds. The van der Waals surface area contributed by atoms with E-state index in [2.05, 4.69) is 10.9 Å². The molecule has 0 bridgehead atoms. The fourth-order valence-corrected chi connectivity index (χ4v) is 4.39. The number of hydrogen-bond donors (Lipinski definition) is 0. The van der Waals surface area contributed by atoms with Crippen molar-refractivity contribution >= 4 is 27.3 Å². The highest BCUT2D eigenvalue weighted by Gasteiger charge is 2.34. The summed E-state index contributed by atoms with van der Waals surface area (Å²) in [6, 6.07) is 2.69. The highest BCUT2D eigenvalue weighted by Crippen LogP contribution is 2.21. The van der Waals surface area contributed by atoms with Crippen LogP contribution in [0.15, 0.2) is 12.1 Å². The second-order valence-corrected chi connectivity index (χ2v) is 7.63. The maximum atomic E-state index is 12.6. The number of terminal acetylenes is 1. The molecule has 2 rings (SSSR count). The number of nitrogens with zero attached hydrogens (tertiary/aromatic N) is 2. The zero-order valence-electron chi connectivity index (χ0n) is 11.5. The molecule has 0 aliphatic carbocycles. The Morgan fingerprint density at radius 1 is 1.57 bits per heavy atom. The van der Waals surface area contributed by atoms with Crippen LogP contribution in [0.1, 0.15) is 22.5 Å². The van der Waals surface area contributed by atoms with Crippen molar-refractivity contribution in [2.24, 2.45) is 0 Å². The van der Waals surface area contributed by atoms with Crippen molar-refractivity contribution in [2.75, 3.05) is 18.1 Å². The number of pyridine rings is 1. The fraction of sp³-hybridized carbons (Fsp3) is 0.429. The number of rotatable bonds is 3. The van der Waals surface area contributed by atoms with Crippen LogP contribution in [-0.4, -0.2) is 48.3 Å². The SMILES string of the molecule is C#CCN(C(=O)c1cc(C)nc(Cl)c1)C1CCS(=O)(=O)C1. The van der Waals surface area contributed by atoms with E-state index in [1.807, 2.05) is 0 Å². The van der Waals surface area contributed by atoms with Crippen LogP contribution in [0, 0.1) is 19.3 Å². The van der Waals surface area contributed by atoms with Gasteiger partial charge in [-0.05, 0) is 25.5 Å². The first kappa shape index (κ1) is 15.8. The van der Waals surface area contributed by atoms with E-state index in [0.717, 1.165) is 0 Å². The van der Waals surface area contributed by atoms with Crippen molar-refractivity contribution in [3.05, 3.63) is 28.5 Å². The van der Waals surface area contributed by atoms with Crippen molar-refractivity contribution in [1.82, 2.24) is 9.88 Å². The molecule has 1 saturated heterocycles. The van der Waals surface area contributed by atoms with Gasteiger partial charge in [0.1, 0.15) is 5.15 Å². The third-order valence-corrected chi connectivity index (χ3v) is 5.28. The lowest BCUT2D eigenvalue weighted by atomic mass is 10.1. The minimum Gasteiger partial charge on any atom is -0.323 e. The third kappa shape index (κ3) is 3.74. The van der Waals surface area contributed by atoms with Gasteiger partial charge in [-0.1, -0.05) is 17.5 Å². The second-order valence-electron chi connectivity index (χ2n) is 5.01. The summed E-state index contributed by atoms with van der Waals surface area (Å²) in [5.41, 5.74) is 0.984. The molecule has 0 aromatic carbocycles. The Balaban J connectivity index is 2.30. The van der Waals surface area contributed by atoms with E-state index in [4.69, 9.17) is 18.0 Å². The standard InChI is InChI=1S/C14H15ClN2O3S/c1-3-5-17(12-4-6-21(19,20)9-12)14(18)11-7-10(2)16-13(15)8-11/h1,7-8,12H,4-6,9H2,2H3. The van der Waals surface area contributed by atoms with Gasteiger partial charge in [0.05, 0.1) is 18.1 Å². The molecule has 1 aromatic rings. The van der Waals surface area contributed by atoms with Crippen molar-refractivity contribution in [3.8, 4) is 12.3 Å². The molecule has 1 aliphatic rings. The van der Waals surface area contributed by atoms with Crippen LogP contribution in [0.4, 0.5) is 0 Å². The zero-order chi connectivity index (χ0) is 15.6. The minimum atomic E-state index is -3.09. The molecule has 1 unspecified atom stereocenters. The van der Waals surface area contributed by atoms with Crippen LogP contribution >= 0.6 is 11.6 Å². The zero-order valence-corrected chi connectivity index (χ0v) is 13.1. The summed E-state index contributed by atoms with van der Waals surface area (Å²) in [6.45, 7) is 1.80. The molecule has 112 valence electrons. The summed E-state index contributed by atoms with van der Waals surface area (Å²) in [5.74, 6) is 2.14. The van der Waals surface area contributed by atoms with E-state index in [1.165, 1.54) is 11.0 Å². The Bertz CT molecular complexity index is 689. The Morgan fingerprint density at radius 2 is 2.29 bits per heavy atom. The number of carbonyl (C=O) groups is 1. The maximum absolute atomic E-state index is 12.6. The first-order valence-corrected chi connectivity index (χ1v) is 8.61. The van der Waals surface area contributed by atoms with Crippen LogP contribution in [0.2, 0.25) is 5.15 Å². The maximum Gasteiger partial charge on any atom is 0.255 e. The Labute approximate surface area is 129 Å². The van der Waals surface area contributed by atoms with Gasteiger partial charge in [-0.25, -0.2) is 13.4 Å². The lowest BCUT2D eigenvalue weighted by Crippen LogP contribution is -2.41. The summed E-state index contributed by atoms with van der Waals surface area (Å²) in [5, 5.41) is 0.220. The van der Waals surface area contributed by atoms with Gasteiger partial charge in [-0.2, -0.15) is 0 Å². The molecule has 21 heavy (non-hydrogen) atoms. The highest BCUT2D eigenvalue weighted by molar-refractivity contribution is 7.91. The number of sulfone groups is 1. The van der Waals surface area contributed by atoms with Crippen molar-refractivity contribution in [2.45, 2.75) is 19.4 Å². The molecule has 0 radical (unpaired) electrons. The van der Waals surface area contributed by atoms with Crippen LogP contribution in [0.25, 0.3) is 0 Å². The smallest absolute Gasteiger partial charge is 0.255 e. The average Bonchev–Trinajstić information content (AvgIpc) is 2.74. The van der Waals surface area contributed by atoms with E-state index in [1.54, 1.807) is 13.0 Å². The average molecular weight is 327 g/mol. The van der Waals surface area contributed by atoms with E-state index < -0.39 is 9.84 Å². The van der Waals surface area contributed by atoms with Gasteiger partial charge in [-0.3, -0.25) is 4.79 Å². The number of halogens is 1. The third-order valence-electron chi connectivity index (χ3n) is 3.34. The summed E-state index contributed by atoms with van der Waals surface area (Å²) < 4.78 is 23.2. The van der Waals surface area contributed by atoms with Crippen LogP contribution in [0.5, 0.6) is 0 Å². The molecular weight excluding hydrogens is 312 g/mol. The largest absolute Gasteiger partial charge is 0.323 e. The number of hydrogen-bond acceptors (Lipinski definition) is 4. The minimum absolute atomic E-state index is 0.0434. The monoisotopic (exact) mass is 326 g/mol. The molecular formula is C14H15ClN2O3S. The molecule has 1 aromatic heterocycles. The van der Waals surface area contributed by atoms with Gasteiger partial charge >= 0.3 is 0 Å². The topological polar surface area (TPSA) is 67.3 Å². The summed E-state index contributed by atoms with van der Waals surface area (Å²) >= 11 is 5.86. The van der Waals surface area contributed by atoms with Crippen molar-refractivity contribution in [3.63, 3.8) is 0 Å². The Morgan fingerprint density at radius 3 is 2.81 bits per heavy atom. The predicted octanol–water partition coefficient (Wildman–Crippen LogP) is 1.31. The van der Waals surface area contributed by atoms with Gasteiger partial charge in [-0.15, -0.1) is 6.42 Å². The number of aromatic nitrogens is 1. The fourth-order valence-electron chi connectivity index (χ4n) is 2.40. The summed E-state index contributed by atoms with van der Waals surface area (Å²) in [7, 11) is -3.09. The summed E-state index contributed by atoms with van der Waals surface area (Å²) in [4.78, 5) is 18.0. The molecule has 1 atom stereocenters.